The molecule has 0 saturated carbocycles. The van der Waals surface area contributed by atoms with Crippen molar-refractivity contribution in [3.05, 3.63) is 67.3 Å². The molecule has 1 amide bonds. The number of halogens is 4. The van der Waals surface area contributed by atoms with Gasteiger partial charge in [0.15, 0.2) is 13.7 Å². The van der Waals surface area contributed by atoms with Gasteiger partial charge in [0.25, 0.3) is 5.91 Å². The molecule has 0 unspecified atom stereocenters. The van der Waals surface area contributed by atoms with Crippen molar-refractivity contribution in [2.24, 2.45) is 0 Å². The first-order valence-electron chi connectivity index (χ1n) is 8.06. The molecule has 2 aromatic carbocycles. The number of carbonyl (C=O) groups excluding carboxylic acids is 2. The van der Waals surface area contributed by atoms with Gasteiger partial charge in [-0.1, -0.05) is 30.3 Å². The van der Waals surface area contributed by atoms with Crippen LogP contribution < -0.4 is 26.5 Å². The van der Waals surface area contributed by atoms with Crippen LogP contribution in [0, 0.1) is 7.14 Å². The monoisotopic (exact) mass is 559 g/mol. The number of hydrogen-bond donors (Lipinski definition) is 1. The van der Waals surface area contributed by atoms with Crippen LogP contribution in [-0.4, -0.2) is 43.5 Å². The standard InChI is InChI=1S/C17H16INO3.CHF3O3S/c1-12(17(21)22-2)19-16(20)14-10-6-7-11-15(14)18-13-8-4-3-5-9-13;2-1(3,4)8(5,6)7/h3-12H,1-2H3;(H,5,6,7)/t12-;/m0./s1. The molecule has 0 saturated heterocycles. The molecule has 2 rings (SSSR count). The van der Waals surface area contributed by atoms with Gasteiger partial charge in [-0.15, -0.1) is 0 Å². The van der Waals surface area contributed by atoms with E-state index >= 15 is 0 Å². The van der Waals surface area contributed by atoms with Crippen molar-refractivity contribution in [1.29, 1.82) is 0 Å². The molecule has 164 valence electrons. The summed E-state index contributed by atoms with van der Waals surface area (Å²) in [7, 11) is -4.78. The summed E-state index contributed by atoms with van der Waals surface area (Å²) in [6.45, 7) is 1.61. The summed E-state index contributed by atoms with van der Waals surface area (Å²) in [4.78, 5) is 23.8. The number of rotatable bonds is 5. The maximum absolute atomic E-state index is 12.4. The summed E-state index contributed by atoms with van der Waals surface area (Å²) in [5.74, 6) is -0.701. The van der Waals surface area contributed by atoms with Crippen molar-refractivity contribution < 1.29 is 61.7 Å². The van der Waals surface area contributed by atoms with Crippen molar-refractivity contribution in [1.82, 2.24) is 5.32 Å². The lowest BCUT2D eigenvalue weighted by atomic mass is 10.2. The van der Waals surface area contributed by atoms with Crippen LogP contribution in [0.2, 0.25) is 0 Å². The predicted octanol–water partition coefficient (Wildman–Crippen LogP) is -0.842. The second kappa shape index (κ2) is 11.3. The lowest BCUT2D eigenvalue weighted by molar-refractivity contribution is -0.597. The second-order valence-electron chi connectivity index (χ2n) is 5.49. The number of esters is 1. The first-order chi connectivity index (χ1) is 13.9. The Morgan fingerprint density at radius 2 is 1.57 bits per heavy atom. The van der Waals surface area contributed by atoms with E-state index in [4.69, 9.17) is 13.0 Å². The number of nitrogens with one attached hydrogen (secondary N) is 1. The average Bonchev–Trinajstić information content (AvgIpc) is 2.67. The minimum absolute atomic E-state index is 0.246. The molecule has 0 spiro atoms. The predicted molar refractivity (Wildman–Crippen MR) is 95.0 cm³/mol. The minimum Gasteiger partial charge on any atom is -0.741 e. The van der Waals surface area contributed by atoms with Crippen molar-refractivity contribution in [2.45, 2.75) is 18.5 Å². The van der Waals surface area contributed by atoms with Crippen molar-refractivity contribution >= 4 is 22.0 Å². The third-order valence-electron chi connectivity index (χ3n) is 3.25. The van der Waals surface area contributed by atoms with Gasteiger partial charge in [-0.3, -0.25) is 4.79 Å². The Labute approximate surface area is 181 Å². The SMILES string of the molecule is COC(=O)[C@H](C)NC(=O)c1ccccc1[I+]c1ccccc1.O=S(=O)([O-])C(F)(F)F. The Balaban J connectivity index is 0.000000479. The third kappa shape index (κ3) is 8.28. The first kappa shape index (κ1) is 25.8. The molecule has 30 heavy (non-hydrogen) atoms. The zero-order valence-corrected chi connectivity index (χ0v) is 18.6. The summed E-state index contributed by atoms with van der Waals surface area (Å²) >= 11 is -0.449. The average molecular weight is 559 g/mol. The summed E-state index contributed by atoms with van der Waals surface area (Å²) < 4.78 is 65.8. The number of benzene rings is 2. The summed E-state index contributed by atoms with van der Waals surface area (Å²) in [5.41, 5.74) is -5.03. The lowest BCUT2D eigenvalue weighted by Crippen LogP contribution is -3.61. The fraction of sp³-hybridized carbons (Fsp3) is 0.222. The highest BCUT2D eigenvalue weighted by molar-refractivity contribution is 7.86. The van der Waals surface area contributed by atoms with Crippen molar-refractivity contribution in [3.8, 4) is 0 Å². The molecule has 0 aliphatic rings. The highest BCUT2D eigenvalue weighted by Gasteiger charge is 2.36. The maximum atomic E-state index is 12.4. The smallest absolute Gasteiger partial charge is 0.485 e. The first-order valence-corrected chi connectivity index (χ1v) is 11.6. The highest BCUT2D eigenvalue weighted by atomic mass is 127. The largest absolute Gasteiger partial charge is 0.741 e. The van der Waals surface area contributed by atoms with Gasteiger partial charge in [-0.05, 0) is 31.2 Å². The molecule has 0 aliphatic carbocycles. The molecule has 2 aromatic rings. The molecule has 7 nitrogen and oxygen atoms in total. The molecular formula is C18H17F3INO6S. The van der Waals surface area contributed by atoms with Crippen LogP contribution in [-0.2, 0) is 19.6 Å². The fourth-order valence-electron chi connectivity index (χ4n) is 1.83. The van der Waals surface area contributed by atoms with E-state index in [1.165, 1.54) is 10.7 Å². The Kier molecular flexibility index (Phi) is 9.71. The lowest BCUT2D eigenvalue weighted by Gasteiger charge is -2.11. The molecule has 0 radical (unpaired) electrons. The Hall–Kier alpha value is -2.19. The molecule has 1 N–H and O–H groups in total. The third-order valence-corrected chi connectivity index (χ3v) is 6.68. The van der Waals surface area contributed by atoms with Crippen molar-refractivity contribution in [3.63, 3.8) is 0 Å². The van der Waals surface area contributed by atoms with Gasteiger partial charge in [-0.25, -0.2) is 13.2 Å². The van der Waals surface area contributed by atoms with E-state index in [0.29, 0.717) is 5.56 Å². The van der Waals surface area contributed by atoms with E-state index in [9.17, 15) is 22.8 Å². The van der Waals surface area contributed by atoms with Gasteiger partial charge < -0.3 is 14.6 Å². The van der Waals surface area contributed by atoms with Gasteiger partial charge >= 0.3 is 32.7 Å². The van der Waals surface area contributed by atoms with E-state index in [0.717, 1.165) is 3.57 Å². The van der Waals surface area contributed by atoms with Gasteiger partial charge in [0.1, 0.15) is 6.04 Å². The number of methoxy groups -OCH3 is 1. The molecule has 12 heteroatoms. The molecule has 0 aromatic heterocycles. The summed E-state index contributed by atoms with van der Waals surface area (Å²) in [5, 5.41) is 2.68. The molecule has 1 atom stereocenters. The highest BCUT2D eigenvalue weighted by Crippen LogP contribution is 2.20. The van der Waals surface area contributed by atoms with Crippen LogP contribution >= 0.6 is 0 Å². The molecule has 0 heterocycles. The van der Waals surface area contributed by atoms with Gasteiger partial charge in [0, 0.05) is 0 Å². The maximum Gasteiger partial charge on any atom is 0.485 e. The number of amides is 1. The molecular weight excluding hydrogens is 542 g/mol. The van der Waals surface area contributed by atoms with E-state index in [2.05, 4.69) is 22.2 Å². The molecule has 0 aliphatic heterocycles. The quantitative estimate of drug-likeness (QED) is 0.221. The summed E-state index contributed by atoms with van der Waals surface area (Å²) in [6.07, 6.45) is 0. The zero-order chi connectivity index (χ0) is 22.9. The van der Waals surface area contributed by atoms with Crippen LogP contribution in [0.15, 0.2) is 54.6 Å². The van der Waals surface area contributed by atoms with Crippen LogP contribution in [0.1, 0.15) is 17.3 Å². The van der Waals surface area contributed by atoms with E-state index < -0.39 is 48.8 Å². The number of carbonyl (C=O) groups is 2. The van der Waals surface area contributed by atoms with Crippen LogP contribution in [0.4, 0.5) is 13.2 Å². The molecule has 0 fully saturated rings. The van der Waals surface area contributed by atoms with Gasteiger partial charge in [-0.2, -0.15) is 13.2 Å². The summed E-state index contributed by atoms with van der Waals surface area (Å²) in [6, 6.07) is 17.0. The van der Waals surface area contributed by atoms with Gasteiger partial charge in [0.2, 0.25) is 3.57 Å². The Morgan fingerprint density at radius 1 is 1.07 bits per heavy atom. The van der Waals surface area contributed by atoms with Crippen LogP contribution in [0.3, 0.4) is 0 Å². The van der Waals surface area contributed by atoms with Crippen molar-refractivity contribution in [2.75, 3.05) is 7.11 Å². The number of hydrogen-bond acceptors (Lipinski definition) is 6. The topological polar surface area (TPSA) is 113 Å². The molecule has 0 bridgehead atoms. The van der Waals surface area contributed by atoms with Crippen LogP contribution in [0.25, 0.3) is 0 Å². The number of alkyl halides is 3. The fourth-order valence-corrected chi connectivity index (χ4v) is 4.38. The van der Waals surface area contributed by atoms with E-state index in [1.54, 1.807) is 13.0 Å². The van der Waals surface area contributed by atoms with Crippen LogP contribution in [0.5, 0.6) is 0 Å². The second-order valence-corrected chi connectivity index (χ2v) is 9.81. The Bertz CT molecular complexity index is 967. The van der Waals surface area contributed by atoms with E-state index in [1.807, 2.05) is 36.4 Å². The zero-order valence-electron chi connectivity index (χ0n) is 15.6. The number of ether oxygens (including phenoxy) is 1. The normalized spacial score (nSPS) is 12.2. The van der Waals surface area contributed by atoms with E-state index in [-0.39, 0.29) is 5.91 Å². The minimum atomic E-state index is -6.09. The Morgan fingerprint density at radius 3 is 2.07 bits per heavy atom. The van der Waals surface area contributed by atoms with Gasteiger partial charge in [0.05, 0.1) is 12.7 Å².